The van der Waals surface area contributed by atoms with E-state index in [-0.39, 0.29) is 12.6 Å². The highest BCUT2D eigenvalue weighted by molar-refractivity contribution is 6.42. The van der Waals surface area contributed by atoms with Crippen molar-refractivity contribution in [1.29, 1.82) is 0 Å². The quantitative estimate of drug-likeness (QED) is 0.818. The number of hydrogen-bond acceptors (Lipinski definition) is 2. The van der Waals surface area contributed by atoms with E-state index in [0.29, 0.717) is 10.0 Å². The Hall–Kier alpha value is -0.280. The largest absolute Gasteiger partial charge is 0.394 e. The van der Waals surface area contributed by atoms with Gasteiger partial charge in [0.25, 0.3) is 0 Å². The smallest absolute Gasteiger partial charge is 0.0626 e. The molecule has 0 aliphatic rings. The van der Waals surface area contributed by atoms with Gasteiger partial charge in [0, 0.05) is 0 Å². The zero-order chi connectivity index (χ0) is 9.84. The number of rotatable bonds is 3. The first kappa shape index (κ1) is 10.8. The first-order valence-electron chi connectivity index (χ1n) is 3.92. The molecular formula is C9H11Cl2NO. The van der Waals surface area contributed by atoms with E-state index in [0.717, 1.165) is 5.56 Å². The van der Waals surface area contributed by atoms with Crippen LogP contribution in [0.4, 0.5) is 0 Å². The molecule has 0 spiro atoms. The van der Waals surface area contributed by atoms with Gasteiger partial charge < -0.3 is 10.4 Å². The highest BCUT2D eigenvalue weighted by Crippen LogP contribution is 2.25. The molecule has 0 amide bonds. The van der Waals surface area contributed by atoms with Crippen LogP contribution in [0.2, 0.25) is 10.0 Å². The second-order valence-electron chi connectivity index (χ2n) is 2.70. The number of nitrogens with one attached hydrogen (secondary N) is 1. The molecule has 13 heavy (non-hydrogen) atoms. The molecular weight excluding hydrogens is 209 g/mol. The van der Waals surface area contributed by atoms with Gasteiger partial charge in [0.1, 0.15) is 0 Å². The van der Waals surface area contributed by atoms with Crippen molar-refractivity contribution in [3.05, 3.63) is 33.8 Å². The van der Waals surface area contributed by atoms with E-state index in [2.05, 4.69) is 5.32 Å². The fourth-order valence-corrected chi connectivity index (χ4v) is 1.40. The first-order valence-corrected chi connectivity index (χ1v) is 4.67. The second kappa shape index (κ2) is 4.82. The zero-order valence-corrected chi connectivity index (χ0v) is 8.73. The fourth-order valence-electron chi connectivity index (χ4n) is 1.09. The molecule has 0 heterocycles. The highest BCUT2D eigenvalue weighted by atomic mass is 35.5. The third-order valence-electron chi connectivity index (χ3n) is 1.88. The van der Waals surface area contributed by atoms with Crippen molar-refractivity contribution in [2.75, 3.05) is 13.7 Å². The molecule has 0 saturated heterocycles. The standard InChI is InChI=1S/C9H11Cl2NO/c1-12-9(5-13)6-2-3-7(10)8(11)4-6/h2-4,9,12-13H,5H2,1H3/t9-/m0/s1. The molecule has 0 bridgehead atoms. The molecule has 1 aromatic carbocycles. The Kier molecular flexibility index (Phi) is 4.00. The minimum absolute atomic E-state index is 0.0362. The molecule has 0 aliphatic heterocycles. The van der Waals surface area contributed by atoms with Crippen LogP contribution in [0.3, 0.4) is 0 Å². The Morgan fingerprint density at radius 2 is 2.08 bits per heavy atom. The van der Waals surface area contributed by atoms with Gasteiger partial charge in [-0.3, -0.25) is 0 Å². The molecule has 72 valence electrons. The third-order valence-corrected chi connectivity index (χ3v) is 2.62. The van der Waals surface area contributed by atoms with Gasteiger partial charge in [0.05, 0.1) is 22.7 Å². The van der Waals surface area contributed by atoms with Crippen LogP contribution in [0.15, 0.2) is 18.2 Å². The van der Waals surface area contributed by atoms with E-state index in [1.54, 1.807) is 19.2 Å². The summed E-state index contributed by atoms with van der Waals surface area (Å²) >= 11 is 11.6. The monoisotopic (exact) mass is 219 g/mol. The summed E-state index contributed by atoms with van der Waals surface area (Å²) in [4.78, 5) is 0. The Labute approximate surface area is 87.5 Å². The van der Waals surface area contributed by atoms with Gasteiger partial charge in [0.15, 0.2) is 0 Å². The van der Waals surface area contributed by atoms with Crippen LogP contribution in [0.1, 0.15) is 11.6 Å². The molecule has 0 aromatic heterocycles. The van der Waals surface area contributed by atoms with Crippen molar-refractivity contribution >= 4 is 23.2 Å². The summed E-state index contributed by atoms with van der Waals surface area (Å²) in [7, 11) is 1.78. The summed E-state index contributed by atoms with van der Waals surface area (Å²) in [6, 6.07) is 5.22. The Balaban J connectivity index is 2.95. The molecule has 0 fully saturated rings. The maximum Gasteiger partial charge on any atom is 0.0626 e. The predicted octanol–water partition coefficient (Wildman–Crippen LogP) is 2.25. The van der Waals surface area contributed by atoms with E-state index in [4.69, 9.17) is 28.3 Å². The van der Waals surface area contributed by atoms with E-state index in [1.165, 1.54) is 0 Å². The van der Waals surface area contributed by atoms with E-state index in [1.807, 2.05) is 6.07 Å². The lowest BCUT2D eigenvalue weighted by molar-refractivity contribution is 0.251. The van der Waals surface area contributed by atoms with Gasteiger partial charge in [-0.05, 0) is 24.7 Å². The van der Waals surface area contributed by atoms with Crippen molar-refractivity contribution in [2.24, 2.45) is 0 Å². The van der Waals surface area contributed by atoms with Gasteiger partial charge in [-0.1, -0.05) is 29.3 Å². The lowest BCUT2D eigenvalue weighted by Crippen LogP contribution is -2.19. The van der Waals surface area contributed by atoms with Crippen molar-refractivity contribution in [3.8, 4) is 0 Å². The normalized spacial score (nSPS) is 12.9. The highest BCUT2D eigenvalue weighted by Gasteiger charge is 2.08. The molecule has 0 aliphatic carbocycles. The average molecular weight is 220 g/mol. The van der Waals surface area contributed by atoms with Gasteiger partial charge in [-0.25, -0.2) is 0 Å². The minimum Gasteiger partial charge on any atom is -0.394 e. The van der Waals surface area contributed by atoms with Crippen molar-refractivity contribution in [1.82, 2.24) is 5.32 Å². The molecule has 2 nitrogen and oxygen atoms in total. The average Bonchev–Trinajstić information content (AvgIpc) is 2.13. The van der Waals surface area contributed by atoms with Gasteiger partial charge >= 0.3 is 0 Å². The van der Waals surface area contributed by atoms with Crippen LogP contribution in [0.25, 0.3) is 0 Å². The van der Waals surface area contributed by atoms with Crippen molar-refractivity contribution < 1.29 is 5.11 Å². The van der Waals surface area contributed by atoms with Crippen LogP contribution >= 0.6 is 23.2 Å². The predicted molar refractivity (Wildman–Crippen MR) is 55.3 cm³/mol. The van der Waals surface area contributed by atoms with Crippen molar-refractivity contribution in [2.45, 2.75) is 6.04 Å². The molecule has 2 N–H and O–H groups in total. The topological polar surface area (TPSA) is 32.3 Å². The van der Waals surface area contributed by atoms with Crippen LogP contribution < -0.4 is 5.32 Å². The summed E-state index contributed by atoms with van der Waals surface area (Å²) in [5.41, 5.74) is 0.930. The molecule has 0 radical (unpaired) electrons. The molecule has 0 saturated carbocycles. The SMILES string of the molecule is CN[C@@H](CO)c1ccc(Cl)c(Cl)c1. The first-order chi connectivity index (χ1) is 6.19. The van der Waals surface area contributed by atoms with Crippen LogP contribution in [-0.4, -0.2) is 18.8 Å². The maximum atomic E-state index is 9.00. The zero-order valence-electron chi connectivity index (χ0n) is 7.22. The van der Waals surface area contributed by atoms with Crippen LogP contribution in [0, 0.1) is 0 Å². The van der Waals surface area contributed by atoms with Gasteiger partial charge in [0.2, 0.25) is 0 Å². The lowest BCUT2D eigenvalue weighted by atomic mass is 10.1. The maximum absolute atomic E-state index is 9.00. The Bertz CT molecular complexity index is 287. The van der Waals surface area contributed by atoms with E-state index >= 15 is 0 Å². The van der Waals surface area contributed by atoms with Gasteiger partial charge in [-0.2, -0.15) is 0 Å². The van der Waals surface area contributed by atoms with E-state index < -0.39 is 0 Å². The van der Waals surface area contributed by atoms with Gasteiger partial charge in [-0.15, -0.1) is 0 Å². The number of hydrogen-bond donors (Lipinski definition) is 2. The lowest BCUT2D eigenvalue weighted by Gasteiger charge is -2.13. The molecule has 0 unspecified atom stereocenters. The van der Waals surface area contributed by atoms with E-state index in [9.17, 15) is 0 Å². The number of aliphatic hydroxyl groups excluding tert-OH is 1. The van der Waals surface area contributed by atoms with Crippen LogP contribution in [-0.2, 0) is 0 Å². The van der Waals surface area contributed by atoms with Crippen molar-refractivity contribution in [3.63, 3.8) is 0 Å². The molecule has 4 heteroatoms. The third kappa shape index (κ3) is 2.58. The Morgan fingerprint density at radius 3 is 2.54 bits per heavy atom. The molecule has 1 atom stereocenters. The number of likely N-dealkylation sites (N-methyl/N-ethyl adjacent to an activating group) is 1. The number of benzene rings is 1. The minimum atomic E-state index is -0.0882. The number of halogens is 2. The summed E-state index contributed by atoms with van der Waals surface area (Å²) in [5.74, 6) is 0. The number of aliphatic hydroxyl groups is 1. The Morgan fingerprint density at radius 1 is 1.38 bits per heavy atom. The summed E-state index contributed by atoms with van der Waals surface area (Å²) < 4.78 is 0. The van der Waals surface area contributed by atoms with Crippen LogP contribution in [0.5, 0.6) is 0 Å². The summed E-state index contributed by atoms with van der Waals surface area (Å²) in [5, 5.41) is 13.0. The fraction of sp³-hybridized carbons (Fsp3) is 0.333. The molecule has 1 aromatic rings. The summed E-state index contributed by atoms with van der Waals surface area (Å²) in [6.07, 6.45) is 0. The second-order valence-corrected chi connectivity index (χ2v) is 3.51. The molecule has 1 rings (SSSR count). The summed E-state index contributed by atoms with van der Waals surface area (Å²) in [6.45, 7) is 0.0362.